The summed E-state index contributed by atoms with van der Waals surface area (Å²) < 4.78 is 21.6. The molecule has 0 aromatic rings. The molecule has 0 aliphatic carbocycles. The Kier molecular flexibility index (Phi) is 5.89. The molecule has 0 bridgehead atoms. The van der Waals surface area contributed by atoms with Gasteiger partial charge in [0.1, 0.15) is 9.84 Å². The zero-order valence-electron chi connectivity index (χ0n) is 8.56. The zero-order valence-corrected chi connectivity index (χ0v) is 9.38. The third-order valence-corrected chi connectivity index (χ3v) is 2.65. The van der Waals surface area contributed by atoms with Crippen molar-refractivity contribution in [1.29, 1.82) is 5.26 Å². The molecule has 0 spiro atoms. The third-order valence-electron chi connectivity index (χ3n) is 1.67. The van der Waals surface area contributed by atoms with E-state index in [4.69, 9.17) is 11.0 Å². The molecule has 0 rings (SSSR count). The highest BCUT2D eigenvalue weighted by Gasteiger charge is 2.15. The fourth-order valence-electron chi connectivity index (χ4n) is 0.845. The Balaban J connectivity index is 3.85. The molecule has 1 amide bonds. The van der Waals surface area contributed by atoms with Crippen LogP contribution in [0.4, 0.5) is 0 Å². The molecule has 6 nitrogen and oxygen atoms in total. The van der Waals surface area contributed by atoms with E-state index >= 15 is 0 Å². The van der Waals surface area contributed by atoms with Gasteiger partial charge in [0.15, 0.2) is 0 Å². The van der Waals surface area contributed by atoms with Gasteiger partial charge in [-0.15, -0.1) is 0 Å². The summed E-state index contributed by atoms with van der Waals surface area (Å²) in [6, 6.07) is 1.03. The SMILES string of the molecule is CS(=O)(=O)CCC(N)C(=O)NCCC#N. The molecule has 7 heteroatoms. The fraction of sp³-hybridized carbons (Fsp3) is 0.750. The normalized spacial score (nSPS) is 12.9. The Morgan fingerprint density at radius 2 is 2.20 bits per heavy atom. The number of carbonyl (C=O) groups excluding carboxylic acids is 1. The summed E-state index contributed by atoms with van der Waals surface area (Å²) in [4.78, 5) is 11.2. The van der Waals surface area contributed by atoms with Gasteiger partial charge >= 0.3 is 0 Å². The van der Waals surface area contributed by atoms with Crippen LogP contribution in [0.25, 0.3) is 0 Å². The van der Waals surface area contributed by atoms with Crippen molar-refractivity contribution in [1.82, 2.24) is 5.32 Å². The molecule has 0 saturated heterocycles. The number of nitrogens with zero attached hydrogens (tertiary/aromatic N) is 1. The highest BCUT2D eigenvalue weighted by Crippen LogP contribution is 1.93. The maximum atomic E-state index is 11.2. The van der Waals surface area contributed by atoms with Gasteiger partial charge in [-0.05, 0) is 6.42 Å². The quantitative estimate of drug-likeness (QED) is 0.558. The number of nitriles is 1. The summed E-state index contributed by atoms with van der Waals surface area (Å²) in [6.45, 7) is 0.238. The molecule has 0 heterocycles. The van der Waals surface area contributed by atoms with Crippen LogP contribution in [-0.4, -0.2) is 38.9 Å². The van der Waals surface area contributed by atoms with Crippen molar-refractivity contribution in [3.8, 4) is 6.07 Å². The number of nitrogens with two attached hydrogens (primary N) is 1. The van der Waals surface area contributed by atoms with Crippen molar-refractivity contribution in [3.05, 3.63) is 0 Å². The van der Waals surface area contributed by atoms with Crippen LogP contribution in [0.15, 0.2) is 0 Å². The molecule has 0 fully saturated rings. The first-order valence-corrected chi connectivity index (χ1v) is 6.51. The molecule has 15 heavy (non-hydrogen) atoms. The van der Waals surface area contributed by atoms with E-state index in [1.807, 2.05) is 6.07 Å². The number of hydrogen-bond acceptors (Lipinski definition) is 5. The second-order valence-corrected chi connectivity index (χ2v) is 5.48. The summed E-state index contributed by atoms with van der Waals surface area (Å²) in [5.74, 6) is -0.534. The van der Waals surface area contributed by atoms with Crippen LogP contribution in [0.1, 0.15) is 12.8 Å². The predicted octanol–water partition coefficient (Wildman–Crippen LogP) is -1.22. The molecular formula is C8H15N3O3S. The van der Waals surface area contributed by atoms with Gasteiger partial charge in [-0.25, -0.2) is 8.42 Å². The lowest BCUT2D eigenvalue weighted by Crippen LogP contribution is -2.41. The van der Waals surface area contributed by atoms with Crippen molar-refractivity contribution in [3.63, 3.8) is 0 Å². The highest BCUT2D eigenvalue weighted by atomic mass is 32.2. The van der Waals surface area contributed by atoms with E-state index in [0.29, 0.717) is 0 Å². The minimum absolute atomic E-state index is 0.0945. The minimum Gasteiger partial charge on any atom is -0.354 e. The van der Waals surface area contributed by atoms with Gasteiger partial charge in [-0.3, -0.25) is 4.79 Å². The number of carbonyl (C=O) groups is 1. The lowest BCUT2D eigenvalue weighted by molar-refractivity contribution is -0.122. The Morgan fingerprint density at radius 3 is 2.67 bits per heavy atom. The molecular weight excluding hydrogens is 218 g/mol. The number of nitrogens with one attached hydrogen (secondary N) is 1. The van der Waals surface area contributed by atoms with Crippen molar-refractivity contribution >= 4 is 15.7 Å². The Morgan fingerprint density at radius 1 is 1.60 bits per heavy atom. The molecule has 0 saturated carbocycles. The Hall–Kier alpha value is -1.13. The predicted molar refractivity (Wildman–Crippen MR) is 55.5 cm³/mol. The Labute approximate surface area is 89.4 Å². The summed E-state index contributed by atoms with van der Waals surface area (Å²) >= 11 is 0. The maximum Gasteiger partial charge on any atom is 0.236 e. The molecule has 1 unspecified atom stereocenters. The van der Waals surface area contributed by atoms with Crippen LogP contribution in [0, 0.1) is 11.3 Å². The van der Waals surface area contributed by atoms with Crippen LogP contribution in [0.3, 0.4) is 0 Å². The summed E-state index contributed by atoms with van der Waals surface area (Å²) in [5.41, 5.74) is 5.45. The molecule has 0 aliphatic rings. The lowest BCUT2D eigenvalue weighted by atomic mass is 10.2. The largest absolute Gasteiger partial charge is 0.354 e. The van der Waals surface area contributed by atoms with Gasteiger partial charge < -0.3 is 11.1 Å². The third kappa shape index (κ3) is 7.90. The summed E-state index contributed by atoms with van der Waals surface area (Å²) in [5, 5.41) is 10.7. The van der Waals surface area contributed by atoms with Gasteiger partial charge in [-0.1, -0.05) is 0 Å². The molecule has 0 aromatic carbocycles. The van der Waals surface area contributed by atoms with E-state index in [2.05, 4.69) is 5.32 Å². The summed E-state index contributed by atoms with van der Waals surface area (Å²) in [6.07, 6.45) is 1.40. The van der Waals surface area contributed by atoms with E-state index in [-0.39, 0.29) is 25.1 Å². The average Bonchev–Trinajstić information content (AvgIpc) is 2.13. The molecule has 0 aliphatic heterocycles. The first-order valence-electron chi connectivity index (χ1n) is 4.45. The van der Waals surface area contributed by atoms with Gasteiger partial charge in [0.05, 0.1) is 24.3 Å². The average molecular weight is 233 g/mol. The monoisotopic (exact) mass is 233 g/mol. The van der Waals surface area contributed by atoms with Gasteiger partial charge in [0.25, 0.3) is 0 Å². The van der Waals surface area contributed by atoms with Gasteiger partial charge in [0.2, 0.25) is 5.91 Å². The van der Waals surface area contributed by atoms with Crippen LogP contribution >= 0.6 is 0 Å². The smallest absolute Gasteiger partial charge is 0.236 e. The molecule has 0 aromatic heterocycles. The van der Waals surface area contributed by atoms with E-state index in [0.717, 1.165) is 6.26 Å². The molecule has 0 radical (unpaired) electrons. The first-order chi connectivity index (χ1) is 6.87. The topological polar surface area (TPSA) is 113 Å². The maximum absolute atomic E-state index is 11.2. The van der Waals surface area contributed by atoms with Crippen LogP contribution in [-0.2, 0) is 14.6 Å². The first kappa shape index (κ1) is 13.9. The van der Waals surface area contributed by atoms with E-state index in [9.17, 15) is 13.2 Å². The lowest BCUT2D eigenvalue weighted by Gasteiger charge is -2.10. The van der Waals surface area contributed by atoms with Crippen molar-refractivity contribution in [2.75, 3.05) is 18.6 Å². The fourth-order valence-corrected chi connectivity index (χ4v) is 1.53. The van der Waals surface area contributed by atoms with Crippen molar-refractivity contribution in [2.45, 2.75) is 18.9 Å². The summed E-state index contributed by atoms with van der Waals surface area (Å²) in [7, 11) is -3.09. The zero-order chi connectivity index (χ0) is 11.9. The van der Waals surface area contributed by atoms with Crippen LogP contribution < -0.4 is 11.1 Å². The molecule has 86 valence electrons. The van der Waals surface area contributed by atoms with Crippen LogP contribution in [0.5, 0.6) is 0 Å². The molecule has 1 atom stereocenters. The van der Waals surface area contributed by atoms with Crippen LogP contribution in [0.2, 0.25) is 0 Å². The van der Waals surface area contributed by atoms with Crippen molar-refractivity contribution < 1.29 is 13.2 Å². The second kappa shape index (κ2) is 6.37. The van der Waals surface area contributed by atoms with E-state index < -0.39 is 21.8 Å². The van der Waals surface area contributed by atoms with Gasteiger partial charge in [-0.2, -0.15) is 5.26 Å². The standard InChI is InChI=1S/C8H15N3O3S/c1-15(13,14)6-3-7(10)8(12)11-5-2-4-9/h7H,2-3,5-6,10H2,1H3,(H,11,12). The van der Waals surface area contributed by atoms with E-state index in [1.165, 1.54) is 0 Å². The number of sulfone groups is 1. The Bertz CT molecular complexity index is 345. The van der Waals surface area contributed by atoms with Gasteiger partial charge in [0, 0.05) is 12.8 Å². The number of hydrogen-bond donors (Lipinski definition) is 2. The van der Waals surface area contributed by atoms with Crippen molar-refractivity contribution in [2.24, 2.45) is 5.73 Å². The van der Waals surface area contributed by atoms with E-state index in [1.54, 1.807) is 0 Å². The second-order valence-electron chi connectivity index (χ2n) is 3.22. The minimum atomic E-state index is -3.09. The highest BCUT2D eigenvalue weighted by molar-refractivity contribution is 7.90. The number of rotatable bonds is 6. The molecule has 3 N–H and O–H groups in total. The number of amides is 1.